The van der Waals surface area contributed by atoms with Crippen LogP contribution in [0, 0.1) is 0 Å². The zero-order valence-corrected chi connectivity index (χ0v) is 15.3. The van der Waals surface area contributed by atoms with Gasteiger partial charge in [0.25, 0.3) is 0 Å². The maximum absolute atomic E-state index is 12.3. The molecule has 3 atom stereocenters. The van der Waals surface area contributed by atoms with Crippen molar-refractivity contribution in [3.63, 3.8) is 0 Å². The van der Waals surface area contributed by atoms with Crippen LogP contribution in [0.4, 0.5) is 4.79 Å². The molecule has 1 aliphatic heterocycles. The Hall–Kier alpha value is -0.420. The second-order valence-corrected chi connectivity index (χ2v) is 8.04. The Morgan fingerprint density at radius 1 is 1.38 bits per heavy atom. The molecule has 1 heterocycles. The predicted molar refractivity (Wildman–Crippen MR) is 91.0 cm³/mol. The Morgan fingerprint density at radius 2 is 2.05 bits per heavy atom. The van der Waals surface area contributed by atoms with Gasteiger partial charge in [0.15, 0.2) is 0 Å². The third-order valence-corrected chi connectivity index (χ3v) is 4.45. The number of ether oxygens (including phenoxy) is 1. The van der Waals surface area contributed by atoms with E-state index in [2.05, 4.69) is 25.4 Å². The van der Waals surface area contributed by atoms with Crippen LogP contribution in [0.5, 0.6) is 0 Å². The van der Waals surface area contributed by atoms with Gasteiger partial charge in [-0.3, -0.25) is 0 Å². The van der Waals surface area contributed by atoms with Gasteiger partial charge in [-0.15, -0.1) is 0 Å². The summed E-state index contributed by atoms with van der Waals surface area (Å²) >= 11 is 1.86. The van der Waals surface area contributed by atoms with Crippen molar-refractivity contribution in [2.45, 2.75) is 77.6 Å². The first-order valence-corrected chi connectivity index (χ1v) is 9.37. The van der Waals surface area contributed by atoms with Gasteiger partial charge >= 0.3 is 6.09 Å². The fraction of sp³-hybridized carbons (Fsp3) is 0.938. The minimum absolute atomic E-state index is 0.158. The van der Waals surface area contributed by atoms with E-state index in [0.29, 0.717) is 18.1 Å². The average molecular weight is 317 g/mol. The lowest BCUT2D eigenvalue weighted by Gasteiger charge is -2.30. The van der Waals surface area contributed by atoms with E-state index in [1.54, 1.807) is 0 Å². The summed E-state index contributed by atoms with van der Waals surface area (Å²) in [6.07, 6.45) is 5.13. The normalized spacial score (nSPS) is 22.2. The second kappa shape index (κ2) is 8.28. The lowest BCUT2D eigenvalue weighted by Crippen LogP contribution is -2.44. The van der Waals surface area contributed by atoms with Crippen molar-refractivity contribution >= 4 is 17.9 Å². The molecular formula is C16H32N2O2S. The van der Waals surface area contributed by atoms with Crippen molar-refractivity contribution in [3.05, 3.63) is 0 Å². The molecule has 124 valence electrons. The molecule has 1 rings (SSSR count). The van der Waals surface area contributed by atoms with Gasteiger partial charge in [0, 0.05) is 30.4 Å². The molecular weight excluding hydrogens is 284 g/mol. The zero-order chi connectivity index (χ0) is 16.0. The van der Waals surface area contributed by atoms with Crippen molar-refractivity contribution < 1.29 is 9.53 Å². The number of nitrogens with one attached hydrogen (secondary N) is 1. The molecule has 0 saturated carbocycles. The number of hydrogen-bond donors (Lipinski definition) is 1. The van der Waals surface area contributed by atoms with Crippen LogP contribution in [-0.2, 0) is 4.74 Å². The summed E-state index contributed by atoms with van der Waals surface area (Å²) in [5.74, 6) is 1.12. The van der Waals surface area contributed by atoms with Crippen LogP contribution < -0.4 is 5.32 Å². The molecule has 1 N–H and O–H groups in total. The summed E-state index contributed by atoms with van der Waals surface area (Å²) in [7, 11) is 0. The van der Waals surface area contributed by atoms with Crippen molar-refractivity contribution in [3.8, 4) is 0 Å². The first kappa shape index (κ1) is 18.6. The molecule has 0 radical (unpaired) electrons. The molecule has 1 amide bonds. The Balaban J connectivity index is 2.48. The third-order valence-electron chi connectivity index (χ3n) is 3.62. The van der Waals surface area contributed by atoms with Crippen molar-refractivity contribution in [2.24, 2.45) is 0 Å². The van der Waals surface area contributed by atoms with Crippen LogP contribution in [0.1, 0.15) is 53.9 Å². The highest BCUT2D eigenvalue weighted by molar-refractivity contribution is 7.98. The molecule has 1 fully saturated rings. The smallest absolute Gasteiger partial charge is 0.410 e. The van der Waals surface area contributed by atoms with E-state index in [1.165, 1.54) is 0 Å². The molecule has 0 aromatic rings. The van der Waals surface area contributed by atoms with E-state index in [9.17, 15) is 4.79 Å². The molecule has 5 heteroatoms. The highest BCUT2D eigenvalue weighted by atomic mass is 32.2. The minimum Gasteiger partial charge on any atom is -0.444 e. The largest absolute Gasteiger partial charge is 0.444 e. The van der Waals surface area contributed by atoms with Gasteiger partial charge in [-0.2, -0.15) is 11.8 Å². The highest BCUT2D eigenvalue weighted by Crippen LogP contribution is 2.24. The number of carbonyl (C=O) groups is 1. The lowest BCUT2D eigenvalue weighted by molar-refractivity contribution is 0.0214. The zero-order valence-electron chi connectivity index (χ0n) is 14.4. The quantitative estimate of drug-likeness (QED) is 0.814. The predicted octanol–water partition coefficient (Wildman–Crippen LogP) is 3.51. The van der Waals surface area contributed by atoms with E-state index in [4.69, 9.17) is 4.74 Å². The Labute approximate surface area is 134 Å². The summed E-state index contributed by atoms with van der Waals surface area (Å²) in [5.41, 5.74) is -0.416. The summed E-state index contributed by atoms with van der Waals surface area (Å²) < 4.78 is 5.52. The SMILES string of the molecule is CSCC(C)NC(C)CC1CCCN1C(=O)OC(C)(C)C. The Kier molecular flexibility index (Phi) is 7.34. The van der Waals surface area contributed by atoms with E-state index in [-0.39, 0.29) is 6.09 Å². The van der Waals surface area contributed by atoms with E-state index < -0.39 is 5.60 Å². The standard InChI is InChI=1S/C16H32N2O2S/c1-12(17-13(2)11-21-6)10-14-8-7-9-18(14)15(19)20-16(3,4)5/h12-14,17H,7-11H2,1-6H3. The average Bonchev–Trinajstić information content (AvgIpc) is 2.74. The molecule has 21 heavy (non-hydrogen) atoms. The van der Waals surface area contributed by atoms with E-state index >= 15 is 0 Å². The van der Waals surface area contributed by atoms with Crippen LogP contribution in [0.3, 0.4) is 0 Å². The number of nitrogens with zero attached hydrogens (tertiary/aromatic N) is 1. The van der Waals surface area contributed by atoms with Gasteiger partial charge in [0.2, 0.25) is 0 Å². The summed E-state index contributed by atoms with van der Waals surface area (Å²) in [6, 6.07) is 1.23. The molecule has 1 saturated heterocycles. The second-order valence-electron chi connectivity index (χ2n) is 7.13. The van der Waals surface area contributed by atoms with Crippen molar-refractivity contribution in [1.29, 1.82) is 0 Å². The third kappa shape index (κ3) is 6.92. The fourth-order valence-corrected chi connectivity index (χ4v) is 3.50. The van der Waals surface area contributed by atoms with E-state index in [0.717, 1.165) is 31.6 Å². The molecule has 0 aromatic heterocycles. The number of carbonyl (C=O) groups excluding carboxylic acids is 1. The number of rotatable bonds is 6. The summed E-state index contributed by atoms with van der Waals surface area (Å²) in [4.78, 5) is 14.2. The molecule has 1 aliphatic rings. The minimum atomic E-state index is -0.416. The molecule has 0 bridgehead atoms. The van der Waals surface area contributed by atoms with Gasteiger partial charge in [-0.05, 0) is 60.1 Å². The maximum atomic E-state index is 12.3. The number of likely N-dealkylation sites (tertiary alicyclic amines) is 1. The molecule has 0 spiro atoms. The lowest BCUT2D eigenvalue weighted by atomic mass is 10.1. The van der Waals surface area contributed by atoms with Crippen LogP contribution in [0.15, 0.2) is 0 Å². The van der Waals surface area contributed by atoms with Gasteiger partial charge in [-0.25, -0.2) is 4.79 Å². The molecule has 3 unspecified atom stereocenters. The molecule has 0 aliphatic carbocycles. The van der Waals surface area contributed by atoms with Gasteiger partial charge in [0.05, 0.1) is 0 Å². The first-order valence-electron chi connectivity index (χ1n) is 7.97. The summed E-state index contributed by atoms with van der Waals surface area (Å²) in [6.45, 7) is 11.0. The van der Waals surface area contributed by atoms with Crippen molar-refractivity contribution in [1.82, 2.24) is 10.2 Å². The summed E-state index contributed by atoms with van der Waals surface area (Å²) in [5, 5.41) is 3.62. The Morgan fingerprint density at radius 3 is 2.62 bits per heavy atom. The fourth-order valence-electron chi connectivity index (χ4n) is 2.90. The van der Waals surface area contributed by atoms with Crippen LogP contribution in [0.2, 0.25) is 0 Å². The first-order chi connectivity index (χ1) is 9.73. The van der Waals surface area contributed by atoms with Crippen molar-refractivity contribution in [2.75, 3.05) is 18.6 Å². The van der Waals surface area contributed by atoms with Crippen LogP contribution >= 0.6 is 11.8 Å². The van der Waals surface area contributed by atoms with E-state index in [1.807, 2.05) is 37.4 Å². The molecule has 0 aromatic carbocycles. The number of thioether (sulfide) groups is 1. The monoisotopic (exact) mass is 316 g/mol. The van der Waals surface area contributed by atoms with Crippen LogP contribution in [0.25, 0.3) is 0 Å². The highest BCUT2D eigenvalue weighted by Gasteiger charge is 2.32. The van der Waals surface area contributed by atoms with Gasteiger partial charge < -0.3 is 15.0 Å². The molecule has 4 nitrogen and oxygen atoms in total. The Bertz CT molecular complexity index is 331. The van der Waals surface area contributed by atoms with Crippen LogP contribution in [-0.4, -0.2) is 53.3 Å². The van der Waals surface area contributed by atoms with Gasteiger partial charge in [0.1, 0.15) is 5.60 Å². The number of amides is 1. The number of hydrogen-bond acceptors (Lipinski definition) is 4. The maximum Gasteiger partial charge on any atom is 0.410 e. The van der Waals surface area contributed by atoms with Gasteiger partial charge in [-0.1, -0.05) is 0 Å². The topological polar surface area (TPSA) is 41.6 Å².